The lowest BCUT2D eigenvalue weighted by atomic mass is 9.91. The number of nitrogens with one attached hydrogen (secondary N) is 1. The molecule has 28 heavy (non-hydrogen) atoms. The number of cyclic esters (lactones) is 1. The number of alkyl halides is 5. The van der Waals surface area contributed by atoms with Crippen LogP contribution in [0.5, 0.6) is 5.75 Å². The number of benzene rings is 1. The van der Waals surface area contributed by atoms with Crippen LogP contribution in [0.15, 0.2) is 18.2 Å². The van der Waals surface area contributed by atoms with Gasteiger partial charge in [0.05, 0.1) is 0 Å². The Labute approximate surface area is 157 Å². The van der Waals surface area contributed by atoms with Crippen molar-refractivity contribution in [3.05, 3.63) is 28.6 Å². The van der Waals surface area contributed by atoms with Gasteiger partial charge in [0.2, 0.25) is 0 Å². The second-order valence-electron chi connectivity index (χ2n) is 6.49. The van der Waals surface area contributed by atoms with Crippen molar-refractivity contribution in [3.63, 3.8) is 0 Å². The number of likely N-dealkylation sites (tertiary alicyclic amines) is 1. The molecule has 0 bridgehead atoms. The van der Waals surface area contributed by atoms with Crippen LogP contribution in [0.3, 0.4) is 0 Å². The zero-order valence-electron chi connectivity index (χ0n) is 13.8. The van der Waals surface area contributed by atoms with Gasteiger partial charge in [0.1, 0.15) is 22.8 Å². The number of halogens is 5. The summed E-state index contributed by atoms with van der Waals surface area (Å²) >= 11 is 0.770. The number of hydrogen-bond acceptors (Lipinski definition) is 5. The first-order valence-electron chi connectivity index (χ1n) is 7.91. The van der Waals surface area contributed by atoms with Crippen LogP contribution in [0.25, 0.3) is 10.1 Å². The van der Waals surface area contributed by atoms with Crippen molar-refractivity contribution in [1.82, 2.24) is 10.2 Å². The van der Waals surface area contributed by atoms with E-state index in [2.05, 4.69) is 10.1 Å². The number of rotatable bonds is 3. The first-order chi connectivity index (χ1) is 13.1. The molecule has 6 nitrogen and oxygen atoms in total. The largest absolute Gasteiger partial charge is 0.573 e. The Morgan fingerprint density at radius 2 is 2.04 bits per heavy atom. The Kier molecular flexibility index (Phi) is 4.14. The predicted octanol–water partition coefficient (Wildman–Crippen LogP) is 3.67. The van der Waals surface area contributed by atoms with E-state index in [1.54, 1.807) is 0 Å². The SMILES string of the molecule is O=C1NC2(CO1)CN(C(=O)c1sc3ccc(OC(F)(F)F)cc3c1C(F)F)C2. The van der Waals surface area contributed by atoms with Gasteiger partial charge < -0.3 is 19.7 Å². The zero-order valence-corrected chi connectivity index (χ0v) is 14.6. The third-order valence-corrected chi connectivity index (χ3v) is 5.64. The minimum absolute atomic E-state index is 0.0713. The minimum Gasteiger partial charge on any atom is -0.447 e. The van der Waals surface area contributed by atoms with E-state index in [-0.39, 0.29) is 34.7 Å². The first kappa shape index (κ1) is 18.7. The highest BCUT2D eigenvalue weighted by molar-refractivity contribution is 7.21. The molecule has 0 saturated carbocycles. The van der Waals surface area contributed by atoms with Crippen LogP contribution in [0.2, 0.25) is 0 Å². The number of amides is 2. The number of ether oxygens (including phenoxy) is 2. The van der Waals surface area contributed by atoms with Crippen molar-refractivity contribution < 1.29 is 41.0 Å². The van der Waals surface area contributed by atoms with Gasteiger partial charge in [-0.25, -0.2) is 13.6 Å². The van der Waals surface area contributed by atoms with Crippen LogP contribution in [0.1, 0.15) is 21.7 Å². The topological polar surface area (TPSA) is 67.9 Å². The van der Waals surface area contributed by atoms with Crippen molar-refractivity contribution in [2.75, 3.05) is 19.7 Å². The van der Waals surface area contributed by atoms with E-state index < -0.39 is 41.6 Å². The van der Waals surface area contributed by atoms with Gasteiger partial charge in [-0.3, -0.25) is 4.79 Å². The fourth-order valence-electron chi connectivity index (χ4n) is 3.30. The minimum atomic E-state index is -4.97. The molecule has 1 aromatic carbocycles. The monoisotopic (exact) mass is 422 g/mol. The maximum atomic E-state index is 13.6. The lowest BCUT2D eigenvalue weighted by molar-refractivity contribution is -0.274. The van der Waals surface area contributed by atoms with Crippen molar-refractivity contribution in [3.8, 4) is 5.75 Å². The summed E-state index contributed by atoms with van der Waals surface area (Å²) in [5.41, 5.74) is -1.35. The van der Waals surface area contributed by atoms with Gasteiger partial charge in [-0.2, -0.15) is 0 Å². The molecule has 12 heteroatoms. The maximum absolute atomic E-state index is 13.6. The number of carbonyl (C=O) groups is 2. The molecule has 2 aromatic rings. The molecule has 1 N–H and O–H groups in total. The molecule has 1 spiro atoms. The molecule has 3 heterocycles. The van der Waals surface area contributed by atoms with Crippen LogP contribution in [-0.2, 0) is 4.74 Å². The molecule has 0 aliphatic carbocycles. The summed E-state index contributed by atoms with van der Waals surface area (Å²) in [6, 6.07) is 3.05. The van der Waals surface area contributed by atoms with Gasteiger partial charge in [0.25, 0.3) is 12.3 Å². The van der Waals surface area contributed by atoms with Crippen molar-refractivity contribution >= 4 is 33.4 Å². The molecule has 2 saturated heterocycles. The van der Waals surface area contributed by atoms with Crippen LogP contribution in [0, 0.1) is 0 Å². The number of hydrogen-bond donors (Lipinski definition) is 1. The highest BCUT2D eigenvalue weighted by atomic mass is 32.1. The molecule has 2 amide bonds. The van der Waals surface area contributed by atoms with Gasteiger partial charge in [-0.05, 0) is 18.2 Å². The molecule has 2 aliphatic rings. The summed E-state index contributed by atoms with van der Waals surface area (Å²) in [5.74, 6) is -1.33. The quantitative estimate of drug-likeness (QED) is 0.767. The summed E-state index contributed by atoms with van der Waals surface area (Å²) in [6.45, 7) is 0.260. The summed E-state index contributed by atoms with van der Waals surface area (Å²) < 4.78 is 73.3. The number of thiophene rings is 1. The summed E-state index contributed by atoms with van der Waals surface area (Å²) in [7, 11) is 0. The third-order valence-electron chi connectivity index (χ3n) is 4.46. The molecule has 150 valence electrons. The third kappa shape index (κ3) is 3.21. The second kappa shape index (κ2) is 6.19. The molecule has 2 aliphatic heterocycles. The van der Waals surface area contributed by atoms with Gasteiger partial charge in [0.15, 0.2) is 0 Å². The molecule has 2 fully saturated rings. The fourth-order valence-corrected chi connectivity index (χ4v) is 4.46. The molecule has 0 radical (unpaired) electrons. The lowest BCUT2D eigenvalue weighted by Gasteiger charge is -2.45. The summed E-state index contributed by atoms with van der Waals surface area (Å²) in [6.07, 6.45) is -8.65. The van der Waals surface area contributed by atoms with Crippen LogP contribution in [0.4, 0.5) is 26.7 Å². The van der Waals surface area contributed by atoms with E-state index in [0.29, 0.717) is 0 Å². The molecule has 0 unspecified atom stereocenters. The second-order valence-corrected chi connectivity index (χ2v) is 7.55. The van der Waals surface area contributed by atoms with Crippen LogP contribution < -0.4 is 10.1 Å². The Morgan fingerprint density at radius 1 is 1.32 bits per heavy atom. The van der Waals surface area contributed by atoms with E-state index >= 15 is 0 Å². The zero-order chi connectivity index (χ0) is 20.3. The Morgan fingerprint density at radius 3 is 2.61 bits per heavy atom. The summed E-state index contributed by atoms with van der Waals surface area (Å²) in [5, 5.41) is 2.40. The maximum Gasteiger partial charge on any atom is 0.573 e. The van der Waals surface area contributed by atoms with Crippen molar-refractivity contribution in [2.45, 2.75) is 18.3 Å². The average molecular weight is 422 g/mol. The Balaban J connectivity index is 1.64. The lowest BCUT2D eigenvalue weighted by Crippen LogP contribution is -2.69. The standard InChI is InChI=1S/C16H11F5N2O4S/c17-12(18)10-8-3-7(27-16(19,20)21)1-2-9(8)28-11(10)13(24)23-4-15(5-23)6-26-14(25)22-15/h1-3,12H,4-6H2,(H,22,25). The Bertz CT molecular complexity index is 968. The fraction of sp³-hybridized carbons (Fsp3) is 0.375. The van der Waals surface area contributed by atoms with Gasteiger partial charge >= 0.3 is 12.5 Å². The molecule has 4 rings (SSSR count). The highest BCUT2D eigenvalue weighted by Crippen LogP contribution is 2.41. The highest BCUT2D eigenvalue weighted by Gasteiger charge is 2.51. The van der Waals surface area contributed by atoms with Gasteiger partial charge in [-0.15, -0.1) is 24.5 Å². The summed E-state index contributed by atoms with van der Waals surface area (Å²) in [4.78, 5) is 24.9. The van der Waals surface area contributed by atoms with Crippen molar-refractivity contribution in [2.24, 2.45) is 0 Å². The van der Waals surface area contributed by atoms with E-state index in [1.807, 2.05) is 0 Å². The first-order valence-corrected chi connectivity index (χ1v) is 8.73. The number of nitrogens with zero attached hydrogens (tertiary/aromatic N) is 1. The van der Waals surface area contributed by atoms with Gasteiger partial charge in [-0.1, -0.05) is 0 Å². The molecule has 1 aromatic heterocycles. The van der Waals surface area contributed by atoms with E-state index in [0.717, 1.165) is 23.5 Å². The van der Waals surface area contributed by atoms with E-state index in [9.17, 15) is 31.5 Å². The van der Waals surface area contributed by atoms with Crippen molar-refractivity contribution in [1.29, 1.82) is 0 Å². The van der Waals surface area contributed by atoms with Crippen LogP contribution in [-0.4, -0.2) is 48.5 Å². The Hall–Kier alpha value is -2.63. The number of carbonyl (C=O) groups excluding carboxylic acids is 2. The number of alkyl carbamates (subject to hydrolysis) is 1. The normalized spacial score (nSPS) is 18.4. The van der Waals surface area contributed by atoms with E-state index in [1.165, 1.54) is 11.0 Å². The molecule has 0 atom stereocenters. The van der Waals surface area contributed by atoms with E-state index in [4.69, 9.17) is 4.74 Å². The molecular formula is C16H11F5N2O4S. The van der Waals surface area contributed by atoms with Gasteiger partial charge in [0, 0.05) is 28.7 Å². The smallest absolute Gasteiger partial charge is 0.447 e. The van der Waals surface area contributed by atoms with Crippen LogP contribution >= 0.6 is 11.3 Å². The number of fused-ring (bicyclic) bond motifs is 1. The molecular weight excluding hydrogens is 411 g/mol. The average Bonchev–Trinajstić information content (AvgIpc) is 3.12. The predicted molar refractivity (Wildman–Crippen MR) is 86.6 cm³/mol.